The number of hydrogen-bond donors (Lipinski definition) is 1. The van der Waals surface area contributed by atoms with Gasteiger partial charge in [0.2, 0.25) is 0 Å². The molecule has 0 spiro atoms. The van der Waals surface area contributed by atoms with Crippen LogP contribution in [-0.2, 0) is 19.1 Å². The lowest BCUT2D eigenvalue weighted by Crippen LogP contribution is -2.33. The number of methoxy groups -OCH3 is 2. The summed E-state index contributed by atoms with van der Waals surface area (Å²) >= 11 is 0. The molecule has 4 rings (SSSR count). The molecule has 0 atom stereocenters. The number of nitrogens with zero attached hydrogens (tertiary/aromatic N) is 3. The zero-order valence-electron chi connectivity index (χ0n) is 29.6. The molecule has 2 saturated heterocycles. The van der Waals surface area contributed by atoms with Crippen molar-refractivity contribution in [1.29, 1.82) is 0 Å². The standard InChI is InChI=1S/C18H26N2O6.C18H28N2O4/c1-24-18(21)6-5-12-25-17-14-15(20(22)23)7-8-16(17)26-13-11-19-9-3-2-4-10-19;1-22-18(21)6-5-12-23-17-14-15(19)7-8-16(17)24-13-11-20-9-3-2-4-10-20/h7-8,14H,2-6,9-13H2,1H3;7-8,14H,2-6,9-13,19H2,1H3. The smallest absolute Gasteiger partial charge is 0.305 e. The number of piperidine rings is 2. The quantitative estimate of drug-likeness (QED) is 0.0663. The number of benzene rings is 2. The topological polar surface area (TPSA) is 165 Å². The van der Waals surface area contributed by atoms with Gasteiger partial charge in [0.1, 0.15) is 13.2 Å². The number of rotatable bonds is 19. The molecule has 2 fully saturated rings. The predicted molar refractivity (Wildman–Crippen MR) is 189 cm³/mol. The van der Waals surface area contributed by atoms with Crippen LogP contribution in [-0.4, -0.2) is 107 Å². The summed E-state index contributed by atoms with van der Waals surface area (Å²) in [6.07, 6.45) is 9.21. The van der Waals surface area contributed by atoms with E-state index in [2.05, 4.69) is 19.3 Å². The number of nitro groups is 1. The molecule has 50 heavy (non-hydrogen) atoms. The van der Waals surface area contributed by atoms with Crippen LogP contribution in [0.15, 0.2) is 36.4 Å². The van der Waals surface area contributed by atoms with Gasteiger partial charge in [-0.25, -0.2) is 0 Å². The summed E-state index contributed by atoms with van der Waals surface area (Å²) in [5, 5.41) is 11.0. The summed E-state index contributed by atoms with van der Waals surface area (Å²) in [4.78, 5) is 37.5. The number of nitrogen functional groups attached to an aromatic ring is 1. The molecule has 2 aromatic carbocycles. The lowest BCUT2D eigenvalue weighted by molar-refractivity contribution is -0.385. The molecule has 0 aliphatic carbocycles. The van der Waals surface area contributed by atoms with Crippen LogP contribution in [0, 0.1) is 10.1 Å². The molecule has 0 amide bonds. The van der Waals surface area contributed by atoms with Gasteiger partial charge < -0.3 is 34.2 Å². The van der Waals surface area contributed by atoms with Crippen molar-refractivity contribution in [3.05, 3.63) is 46.5 Å². The van der Waals surface area contributed by atoms with Crippen molar-refractivity contribution in [1.82, 2.24) is 9.80 Å². The Bertz CT molecular complexity index is 1320. The molecule has 14 nitrogen and oxygen atoms in total. The van der Waals surface area contributed by atoms with E-state index in [-0.39, 0.29) is 30.7 Å². The average molecular weight is 703 g/mol. The number of likely N-dealkylation sites (tertiary alicyclic amines) is 2. The molecule has 0 radical (unpaired) electrons. The number of hydrogen-bond acceptors (Lipinski definition) is 13. The Hall–Kier alpha value is -4.30. The minimum absolute atomic E-state index is 0.0589. The van der Waals surface area contributed by atoms with Gasteiger partial charge in [0.15, 0.2) is 23.0 Å². The SMILES string of the molecule is COC(=O)CCCOc1cc(N)ccc1OCCN1CCCCC1.COC(=O)CCCOc1cc([N+](=O)[O-])ccc1OCCN1CCCCC1. The first-order valence-corrected chi connectivity index (χ1v) is 17.6. The van der Waals surface area contributed by atoms with Gasteiger partial charge in [-0.1, -0.05) is 12.8 Å². The second-order valence-corrected chi connectivity index (χ2v) is 12.2. The van der Waals surface area contributed by atoms with E-state index in [1.54, 1.807) is 18.2 Å². The fourth-order valence-electron chi connectivity index (χ4n) is 5.54. The number of nitro benzene ring substituents is 1. The minimum atomic E-state index is -0.473. The predicted octanol–water partition coefficient (Wildman–Crippen LogP) is 5.26. The summed E-state index contributed by atoms with van der Waals surface area (Å²) in [5.41, 5.74) is 6.40. The first-order valence-electron chi connectivity index (χ1n) is 17.6. The summed E-state index contributed by atoms with van der Waals surface area (Å²) in [7, 11) is 2.72. The molecule has 14 heteroatoms. The first-order chi connectivity index (χ1) is 24.3. The third-order valence-corrected chi connectivity index (χ3v) is 8.35. The van der Waals surface area contributed by atoms with Crippen molar-refractivity contribution >= 4 is 23.3 Å². The Kier molecular flexibility index (Phi) is 18.6. The van der Waals surface area contributed by atoms with E-state index in [4.69, 9.17) is 24.7 Å². The van der Waals surface area contributed by atoms with Crippen LogP contribution < -0.4 is 24.7 Å². The van der Waals surface area contributed by atoms with Crippen molar-refractivity contribution in [2.45, 2.75) is 64.2 Å². The zero-order valence-corrected chi connectivity index (χ0v) is 29.6. The van der Waals surface area contributed by atoms with Crippen LogP contribution in [0.1, 0.15) is 64.2 Å². The largest absolute Gasteiger partial charge is 0.490 e. The van der Waals surface area contributed by atoms with Crippen LogP contribution in [0.25, 0.3) is 0 Å². The molecule has 2 aliphatic rings. The number of anilines is 1. The fraction of sp³-hybridized carbons (Fsp3) is 0.611. The molecule has 0 bridgehead atoms. The number of esters is 2. The minimum Gasteiger partial charge on any atom is -0.490 e. The maximum absolute atomic E-state index is 11.1. The van der Waals surface area contributed by atoms with E-state index in [1.807, 2.05) is 6.07 Å². The van der Waals surface area contributed by atoms with Crippen LogP contribution in [0.5, 0.6) is 23.0 Å². The molecule has 2 heterocycles. The van der Waals surface area contributed by atoms with Gasteiger partial charge in [-0.15, -0.1) is 0 Å². The number of ether oxygens (including phenoxy) is 6. The van der Waals surface area contributed by atoms with E-state index >= 15 is 0 Å². The Balaban J connectivity index is 0.000000271. The van der Waals surface area contributed by atoms with Gasteiger partial charge in [-0.05, 0) is 82.9 Å². The van der Waals surface area contributed by atoms with Crippen LogP contribution >= 0.6 is 0 Å². The summed E-state index contributed by atoms with van der Waals surface area (Å²) < 4.78 is 32.2. The first kappa shape index (κ1) is 40.1. The van der Waals surface area contributed by atoms with Crippen molar-refractivity contribution in [3.63, 3.8) is 0 Å². The number of carbonyl (C=O) groups excluding carboxylic acids is 2. The Labute approximate surface area is 295 Å². The van der Waals surface area contributed by atoms with Crippen LogP contribution in [0.3, 0.4) is 0 Å². The van der Waals surface area contributed by atoms with Crippen LogP contribution in [0.2, 0.25) is 0 Å². The van der Waals surface area contributed by atoms with Gasteiger partial charge in [0, 0.05) is 43.8 Å². The lowest BCUT2D eigenvalue weighted by atomic mass is 10.1. The van der Waals surface area contributed by atoms with E-state index in [0.29, 0.717) is 67.8 Å². The normalized spacial score (nSPS) is 14.8. The molecular formula is C36H54N4O10. The third kappa shape index (κ3) is 15.5. The molecule has 2 N–H and O–H groups in total. The van der Waals surface area contributed by atoms with E-state index in [0.717, 1.165) is 39.3 Å². The van der Waals surface area contributed by atoms with Crippen LogP contribution in [0.4, 0.5) is 11.4 Å². The number of carbonyl (C=O) groups is 2. The molecule has 0 aromatic heterocycles. The van der Waals surface area contributed by atoms with Gasteiger partial charge in [0.05, 0.1) is 38.4 Å². The highest BCUT2D eigenvalue weighted by Gasteiger charge is 2.16. The average Bonchev–Trinajstić information content (AvgIpc) is 3.14. The summed E-state index contributed by atoms with van der Waals surface area (Å²) in [6.45, 7) is 8.01. The Morgan fingerprint density at radius 2 is 1.10 bits per heavy atom. The van der Waals surface area contributed by atoms with Gasteiger partial charge in [0.25, 0.3) is 5.69 Å². The van der Waals surface area contributed by atoms with Gasteiger partial charge >= 0.3 is 11.9 Å². The molecular weight excluding hydrogens is 648 g/mol. The Morgan fingerprint density at radius 1 is 0.660 bits per heavy atom. The lowest BCUT2D eigenvalue weighted by Gasteiger charge is -2.26. The number of nitrogens with two attached hydrogens (primary N) is 1. The number of non-ortho nitro benzene ring substituents is 1. The third-order valence-electron chi connectivity index (χ3n) is 8.35. The van der Waals surface area contributed by atoms with Crippen molar-refractivity contribution in [2.75, 3.05) is 85.6 Å². The van der Waals surface area contributed by atoms with Crippen molar-refractivity contribution in [2.24, 2.45) is 0 Å². The molecule has 278 valence electrons. The van der Waals surface area contributed by atoms with Crippen molar-refractivity contribution in [3.8, 4) is 23.0 Å². The highest BCUT2D eigenvalue weighted by molar-refractivity contribution is 5.69. The van der Waals surface area contributed by atoms with E-state index in [9.17, 15) is 19.7 Å². The fourth-order valence-corrected chi connectivity index (χ4v) is 5.54. The second kappa shape index (κ2) is 23.2. The van der Waals surface area contributed by atoms with Crippen molar-refractivity contribution < 1.29 is 42.9 Å². The second-order valence-electron chi connectivity index (χ2n) is 12.2. The molecule has 0 saturated carbocycles. The van der Waals surface area contributed by atoms with E-state index in [1.165, 1.54) is 64.9 Å². The highest BCUT2D eigenvalue weighted by Crippen LogP contribution is 2.32. The summed E-state index contributed by atoms with van der Waals surface area (Å²) in [5.74, 6) is 1.57. The van der Waals surface area contributed by atoms with E-state index < -0.39 is 4.92 Å². The maximum atomic E-state index is 11.1. The zero-order chi connectivity index (χ0) is 36.0. The molecule has 2 aliphatic heterocycles. The Morgan fingerprint density at radius 3 is 1.56 bits per heavy atom. The summed E-state index contributed by atoms with van der Waals surface area (Å²) in [6, 6.07) is 9.71. The molecule has 0 unspecified atom stereocenters. The highest BCUT2D eigenvalue weighted by atomic mass is 16.6. The maximum Gasteiger partial charge on any atom is 0.305 e. The van der Waals surface area contributed by atoms with Gasteiger partial charge in [-0.3, -0.25) is 29.5 Å². The monoisotopic (exact) mass is 702 g/mol. The van der Waals surface area contributed by atoms with Gasteiger partial charge in [-0.2, -0.15) is 0 Å². The molecule has 2 aromatic rings.